The van der Waals surface area contributed by atoms with E-state index in [2.05, 4.69) is 15.6 Å². The van der Waals surface area contributed by atoms with Gasteiger partial charge in [0.1, 0.15) is 5.76 Å². The van der Waals surface area contributed by atoms with Gasteiger partial charge in [0.15, 0.2) is 0 Å². The smallest absolute Gasteiger partial charge is 0.295 e. The van der Waals surface area contributed by atoms with Gasteiger partial charge >= 0.3 is 0 Å². The third-order valence-corrected chi connectivity index (χ3v) is 6.88. The first-order chi connectivity index (χ1) is 14.4. The molecule has 2 saturated heterocycles. The molecule has 162 valence electrons. The van der Waals surface area contributed by atoms with Crippen molar-refractivity contribution in [3.8, 4) is 0 Å². The Balaban J connectivity index is 1.52. The summed E-state index contributed by atoms with van der Waals surface area (Å²) >= 11 is 0. The second-order valence-corrected chi connectivity index (χ2v) is 9.17. The summed E-state index contributed by atoms with van der Waals surface area (Å²) in [4.78, 5) is 14.7. The second kappa shape index (κ2) is 8.38. The van der Waals surface area contributed by atoms with Crippen molar-refractivity contribution in [1.29, 1.82) is 0 Å². The lowest BCUT2D eigenvalue weighted by Gasteiger charge is -2.30. The maximum atomic E-state index is 12.9. The normalized spacial score (nSPS) is 22.3. The molecule has 30 heavy (non-hydrogen) atoms. The molecule has 0 aliphatic carbocycles. The minimum absolute atomic E-state index is 0.00452. The molecular formula is C20H26N4O5S. The van der Waals surface area contributed by atoms with Crippen molar-refractivity contribution >= 4 is 21.6 Å². The predicted molar refractivity (Wildman–Crippen MR) is 110 cm³/mol. The van der Waals surface area contributed by atoms with Crippen LogP contribution in [0, 0.1) is 19.8 Å². The number of hydrogen-bond donors (Lipinski definition) is 3. The monoisotopic (exact) mass is 434 g/mol. The van der Waals surface area contributed by atoms with Crippen LogP contribution in [0.3, 0.4) is 0 Å². The molecule has 0 bridgehead atoms. The van der Waals surface area contributed by atoms with Gasteiger partial charge in [-0.15, -0.1) is 0 Å². The molecule has 3 N–H and O–H groups in total. The topological polar surface area (TPSA) is 113 Å². The van der Waals surface area contributed by atoms with Crippen LogP contribution in [0.5, 0.6) is 0 Å². The number of carbonyl (C=O) groups is 1. The van der Waals surface area contributed by atoms with Crippen molar-refractivity contribution in [1.82, 2.24) is 15.8 Å². The first-order valence-corrected chi connectivity index (χ1v) is 11.4. The summed E-state index contributed by atoms with van der Waals surface area (Å²) in [5.74, 6) is -0.000142. The molecule has 2 aliphatic rings. The number of anilines is 1. The molecular weight excluding hydrogens is 408 g/mol. The minimum Gasteiger partial charge on any atom is -0.446 e. The van der Waals surface area contributed by atoms with E-state index in [-0.39, 0.29) is 11.0 Å². The molecule has 2 atom stereocenters. The van der Waals surface area contributed by atoms with Gasteiger partial charge in [-0.25, -0.2) is 5.43 Å². The SMILES string of the molecule is Cc1cccc(NS(=O)(=O)c2ccc(C3NNCC3C(=O)N3CCOCC3)o2)c1C. The molecule has 0 radical (unpaired) electrons. The fraction of sp³-hybridized carbons (Fsp3) is 0.450. The minimum atomic E-state index is -3.90. The van der Waals surface area contributed by atoms with Gasteiger partial charge in [0.05, 0.1) is 30.9 Å². The van der Waals surface area contributed by atoms with Crippen LogP contribution >= 0.6 is 0 Å². The Morgan fingerprint density at radius 3 is 2.70 bits per heavy atom. The number of morpholine rings is 1. The van der Waals surface area contributed by atoms with E-state index in [1.807, 2.05) is 19.9 Å². The lowest BCUT2D eigenvalue weighted by Crippen LogP contribution is -2.45. The summed E-state index contributed by atoms with van der Waals surface area (Å²) in [5.41, 5.74) is 8.37. The Kier molecular flexibility index (Phi) is 5.83. The summed E-state index contributed by atoms with van der Waals surface area (Å²) in [6.45, 7) is 6.37. The van der Waals surface area contributed by atoms with Crippen LogP contribution in [-0.4, -0.2) is 52.1 Å². The Bertz CT molecular complexity index is 1030. The number of ether oxygens (including phenoxy) is 1. The fourth-order valence-corrected chi connectivity index (χ4v) is 4.78. The van der Waals surface area contributed by atoms with Crippen molar-refractivity contribution in [2.45, 2.75) is 25.0 Å². The highest BCUT2D eigenvalue weighted by Gasteiger charge is 2.39. The summed E-state index contributed by atoms with van der Waals surface area (Å²) in [5, 5.41) is -0.190. The molecule has 3 heterocycles. The standard InChI is InChI=1S/C20H26N4O5S/c1-13-4-3-5-16(14(13)2)23-30(26,27)18-7-6-17(29-18)19-15(12-21-22-19)20(25)24-8-10-28-11-9-24/h3-7,15,19,21-23H,8-12H2,1-2H3. The van der Waals surface area contributed by atoms with Crippen LogP contribution < -0.4 is 15.6 Å². The molecule has 2 fully saturated rings. The van der Waals surface area contributed by atoms with Gasteiger partial charge in [-0.3, -0.25) is 14.9 Å². The molecule has 1 amide bonds. The molecule has 10 heteroatoms. The number of amides is 1. The zero-order valence-corrected chi connectivity index (χ0v) is 17.8. The Labute approximate surface area is 175 Å². The van der Waals surface area contributed by atoms with Gasteiger partial charge in [-0.1, -0.05) is 12.1 Å². The highest BCUT2D eigenvalue weighted by molar-refractivity contribution is 7.92. The maximum Gasteiger partial charge on any atom is 0.295 e. The third kappa shape index (κ3) is 4.08. The number of hydrazine groups is 1. The first kappa shape index (κ1) is 20.9. The molecule has 0 saturated carbocycles. The largest absolute Gasteiger partial charge is 0.446 e. The van der Waals surface area contributed by atoms with E-state index in [4.69, 9.17) is 9.15 Å². The van der Waals surface area contributed by atoms with Crippen LogP contribution in [0.2, 0.25) is 0 Å². The number of hydrogen-bond acceptors (Lipinski definition) is 7. The van der Waals surface area contributed by atoms with E-state index in [9.17, 15) is 13.2 Å². The quantitative estimate of drug-likeness (QED) is 0.651. The van der Waals surface area contributed by atoms with Crippen LogP contribution in [0.1, 0.15) is 22.9 Å². The zero-order chi connectivity index (χ0) is 21.3. The highest BCUT2D eigenvalue weighted by Crippen LogP contribution is 2.30. The number of aryl methyl sites for hydroxylation is 1. The van der Waals surface area contributed by atoms with Gasteiger partial charge in [0.25, 0.3) is 10.0 Å². The first-order valence-electron chi connectivity index (χ1n) is 9.90. The summed E-state index contributed by atoms with van der Waals surface area (Å²) in [6, 6.07) is 7.99. The maximum absolute atomic E-state index is 12.9. The summed E-state index contributed by atoms with van der Waals surface area (Å²) < 4.78 is 39.2. The van der Waals surface area contributed by atoms with Gasteiger partial charge in [-0.2, -0.15) is 8.42 Å². The second-order valence-electron chi connectivity index (χ2n) is 7.56. The molecule has 1 aromatic heterocycles. The van der Waals surface area contributed by atoms with E-state index in [0.29, 0.717) is 44.3 Å². The van der Waals surface area contributed by atoms with E-state index < -0.39 is 22.0 Å². The molecule has 2 aromatic rings. The van der Waals surface area contributed by atoms with Gasteiger partial charge in [-0.05, 0) is 43.2 Å². The number of rotatable bonds is 5. The zero-order valence-electron chi connectivity index (χ0n) is 17.0. The van der Waals surface area contributed by atoms with Crippen molar-refractivity contribution in [3.05, 3.63) is 47.2 Å². The number of benzene rings is 1. The fourth-order valence-electron chi connectivity index (χ4n) is 3.72. The Morgan fingerprint density at radius 2 is 1.93 bits per heavy atom. The van der Waals surface area contributed by atoms with E-state index in [1.165, 1.54) is 6.07 Å². The lowest BCUT2D eigenvalue weighted by atomic mass is 9.98. The molecule has 2 aliphatic heterocycles. The van der Waals surface area contributed by atoms with Gasteiger partial charge in [0, 0.05) is 19.6 Å². The molecule has 4 rings (SSSR count). The molecule has 1 aromatic carbocycles. The average Bonchev–Trinajstić information content (AvgIpc) is 3.41. The predicted octanol–water partition coefficient (Wildman–Crippen LogP) is 1.32. The third-order valence-electron chi connectivity index (χ3n) is 5.64. The van der Waals surface area contributed by atoms with E-state index >= 15 is 0 Å². The van der Waals surface area contributed by atoms with Crippen LogP contribution in [0.25, 0.3) is 0 Å². The van der Waals surface area contributed by atoms with Crippen molar-refractivity contribution in [2.24, 2.45) is 5.92 Å². The molecule has 2 unspecified atom stereocenters. The Morgan fingerprint density at radius 1 is 1.17 bits per heavy atom. The van der Waals surface area contributed by atoms with Crippen LogP contribution in [0.4, 0.5) is 5.69 Å². The molecule has 0 spiro atoms. The number of nitrogens with one attached hydrogen (secondary N) is 3. The number of nitrogens with zero attached hydrogens (tertiary/aromatic N) is 1. The van der Waals surface area contributed by atoms with Gasteiger partial charge < -0.3 is 14.1 Å². The van der Waals surface area contributed by atoms with E-state index in [1.54, 1.807) is 23.1 Å². The van der Waals surface area contributed by atoms with Gasteiger partial charge in [0.2, 0.25) is 11.0 Å². The lowest BCUT2D eigenvalue weighted by molar-refractivity contribution is -0.139. The van der Waals surface area contributed by atoms with E-state index in [0.717, 1.165) is 11.1 Å². The summed E-state index contributed by atoms with van der Waals surface area (Å²) in [6.07, 6.45) is 0. The van der Waals surface area contributed by atoms with Crippen molar-refractivity contribution in [2.75, 3.05) is 37.6 Å². The molecule has 9 nitrogen and oxygen atoms in total. The van der Waals surface area contributed by atoms with Crippen molar-refractivity contribution in [3.63, 3.8) is 0 Å². The number of carbonyl (C=O) groups excluding carboxylic acids is 1. The highest BCUT2D eigenvalue weighted by atomic mass is 32.2. The average molecular weight is 435 g/mol. The van der Waals surface area contributed by atoms with Crippen LogP contribution in [-0.2, 0) is 19.6 Å². The Hall–Kier alpha value is -2.40. The summed E-state index contributed by atoms with van der Waals surface area (Å²) in [7, 11) is -3.90. The number of sulfonamides is 1. The van der Waals surface area contributed by atoms with Crippen LogP contribution in [0.15, 0.2) is 39.8 Å². The van der Waals surface area contributed by atoms with Crippen molar-refractivity contribution < 1.29 is 22.4 Å². The number of furan rings is 1.